The first-order chi connectivity index (χ1) is 10.6. The Morgan fingerprint density at radius 1 is 1.09 bits per heavy atom. The molecule has 6 nitrogen and oxygen atoms in total. The van der Waals surface area contributed by atoms with E-state index in [0.29, 0.717) is 0 Å². The highest BCUT2D eigenvalue weighted by Gasteiger charge is 2.34. The number of hydrogen-bond donors (Lipinski definition) is 2. The third-order valence-corrected chi connectivity index (χ3v) is 4.42. The van der Waals surface area contributed by atoms with Crippen molar-refractivity contribution in [3.8, 4) is 0 Å². The normalized spacial score (nSPS) is 16.4. The monoisotopic (exact) mass is 327 g/mol. The lowest BCUT2D eigenvalue weighted by molar-refractivity contribution is -0.142. The van der Waals surface area contributed by atoms with Gasteiger partial charge in [0, 0.05) is 7.05 Å². The van der Waals surface area contributed by atoms with Crippen molar-refractivity contribution in [3.05, 3.63) is 0 Å². The molecule has 23 heavy (non-hydrogen) atoms. The Balaban J connectivity index is 5.27. The van der Waals surface area contributed by atoms with Crippen LogP contribution in [-0.4, -0.2) is 54.7 Å². The molecule has 0 radical (unpaired) electrons. The van der Waals surface area contributed by atoms with E-state index < -0.39 is 12.1 Å². The first-order valence-electron chi connectivity index (χ1n) is 8.33. The summed E-state index contributed by atoms with van der Waals surface area (Å²) in [6.07, 6.45) is 0.794. The number of amides is 2. The lowest BCUT2D eigenvalue weighted by Gasteiger charge is -2.33. The first-order valence-corrected chi connectivity index (χ1v) is 8.33. The highest BCUT2D eigenvalue weighted by Crippen LogP contribution is 2.14. The smallest absolute Gasteiger partial charge is 0.243 e. The number of likely N-dealkylation sites (N-methyl/N-ethyl adjacent to an activating group) is 2. The van der Waals surface area contributed by atoms with Gasteiger partial charge in [0.05, 0.1) is 12.1 Å². The summed E-state index contributed by atoms with van der Waals surface area (Å²) < 4.78 is 0. The highest BCUT2D eigenvalue weighted by atomic mass is 16.2. The summed E-state index contributed by atoms with van der Waals surface area (Å²) in [6.45, 7) is 10.9. The van der Waals surface area contributed by atoms with Gasteiger partial charge in [-0.3, -0.25) is 14.4 Å². The minimum atomic E-state index is -0.607. The summed E-state index contributed by atoms with van der Waals surface area (Å²) in [5.41, 5.74) is 0. The Morgan fingerprint density at radius 2 is 1.61 bits per heavy atom. The maximum atomic E-state index is 12.7. The fourth-order valence-electron chi connectivity index (χ4n) is 2.61. The summed E-state index contributed by atoms with van der Waals surface area (Å²) >= 11 is 0. The minimum absolute atomic E-state index is 0.0569. The van der Waals surface area contributed by atoms with Crippen LogP contribution in [0.25, 0.3) is 0 Å². The Hall–Kier alpha value is -1.43. The molecule has 2 N–H and O–H groups in total. The van der Waals surface area contributed by atoms with E-state index in [1.165, 1.54) is 11.8 Å². The van der Waals surface area contributed by atoms with Gasteiger partial charge in [-0.1, -0.05) is 34.1 Å². The largest absolute Gasteiger partial charge is 0.344 e. The molecule has 0 aliphatic carbocycles. The molecule has 0 heterocycles. The molecule has 2 amide bonds. The van der Waals surface area contributed by atoms with Crippen LogP contribution in [0.15, 0.2) is 0 Å². The van der Waals surface area contributed by atoms with Crippen LogP contribution in [0.2, 0.25) is 0 Å². The number of rotatable bonds is 9. The van der Waals surface area contributed by atoms with E-state index in [-0.39, 0.29) is 35.5 Å². The first kappa shape index (κ1) is 21.6. The van der Waals surface area contributed by atoms with Gasteiger partial charge in [-0.05, 0) is 32.7 Å². The van der Waals surface area contributed by atoms with Crippen LogP contribution in [0.1, 0.15) is 48.0 Å². The van der Waals surface area contributed by atoms with Crippen LogP contribution in [0.4, 0.5) is 0 Å². The van der Waals surface area contributed by atoms with Gasteiger partial charge in [0.15, 0.2) is 5.78 Å². The Kier molecular flexibility index (Phi) is 9.05. The zero-order valence-corrected chi connectivity index (χ0v) is 15.8. The Morgan fingerprint density at radius 3 is 1.96 bits per heavy atom. The van der Waals surface area contributed by atoms with Gasteiger partial charge >= 0.3 is 0 Å². The summed E-state index contributed by atoms with van der Waals surface area (Å²) in [4.78, 5) is 38.3. The molecule has 0 aliphatic rings. The topological polar surface area (TPSA) is 78.5 Å². The van der Waals surface area contributed by atoms with Crippen molar-refractivity contribution in [2.75, 3.05) is 14.1 Å². The Bertz CT molecular complexity index is 423. The number of ketones is 1. The van der Waals surface area contributed by atoms with E-state index in [1.54, 1.807) is 21.0 Å². The average molecular weight is 327 g/mol. The number of carbonyl (C=O) groups is 3. The van der Waals surface area contributed by atoms with Gasteiger partial charge in [0.2, 0.25) is 11.8 Å². The molecule has 4 atom stereocenters. The van der Waals surface area contributed by atoms with Crippen LogP contribution >= 0.6 is 0 Å². The Labute approximate surface area is 140 Å². The molecule has 0 aromatic heterocycles. The van der Waals surface area contributed by atoms with Gasteiger partial charge in [0.25, 0.3) is 0 Å². The van der Waals surface area contributed by atoms with Crippen molar-refractivity contribution in [3.63, 3.8) is 0 Å². The third-order valence-electron chi connectivity index (χ3n) is 4.42. The SMILES string of the molecule is CC[C@H](C)C(NC(=O)[C@H](C(C)C)N(C)C(=O)C(C)NC)C(C)=O. The quantitative estimate of drug-likeness (QED) is 0.667. The molecule has 0 saturated carbocycles. The number of Topliss-reactive ketones (excluding diaryl/α,β-unsaturated/α-hetero) is 1. The van der Waals surface area contributed by atoms with Crippen LogP contribution in [0, 0.1) is 11.8 Å². The molecule has 0 aromatic carbocycles. The van der Waals surface area contributed by atoms with Crippen molar-refractivity contribution in [1.29, 1.82) is 0 Å². The van der Waals surface area contributed by atoms with Crippen LogP contribution in [0.3, 0.4) is 0 Å². The van der Waals surface area contributed by atoms with Crippen molar-refractivity contribution >= 4 is 17.6 Å². The second kappa shape index (κ2) is 9.65. The van der Waals surface area contributed by atoms with Gasteiger partial charge in [0.1, 0.15) is 6.04 Å². The van der Waals surface area contributed by atoms with Gasteiger partial charge < -0.3 is 15.5 Å². The number of hydrogen-bond acceptors (Lipinski definition) is 4. The van der Waals surface area contributed by atoms with Gasteiger partial charge in [-0.25, -0.2) is 0 Å². The summed E-state index contributed by atoms with van der Waals surface area (Å²) in [6, 6.07) is -1.49. The summed E-state index contributed by atoms with van der Waals surface area (Å²) in [5, 5.41) is 5.73. The molecular formula is C17H33N3O3. The molecule has 0 fully saturated rings. The summed E-state index contributed by atoms with van der Waals surface area (Å²) in [7, 11) is 3.34. The predicted octanol–water partition coefficient (Wildman–Crippen LogP) is 1.20. The number of carbonyl (C=O) groups excluding carboxylic acids is 3. The predicted molar refractivity (Wildman–Crippen MR) is 92.0 cm³/mol. The van der Waals surface area contributed by atoms with E-state index in [9.17, 15) is 14.4 Å². The van der Waals surface area contributed by atoms with E-state index in [1.807, 2.05) is 27.7 Å². The summed E-state index contributed by atoms with van der Waals surface area (Å²) in [5.74, 6) is -0.490. The van der Waals surface area contributed by atoms with E-state index in [4.69, 9.17) is 0 Å². The average Bonchev–Trinajstić information content (AvgIpc) is 2.49. The zero-order chi connectivity index (χ0) is 18.3. The number of nitrogens with one attached hydrogen (secondary N) is 2. The van der Waals surface area contributed by atoms with E-state index >= 15 is 0 Å². The van der Waals surface area contributed by atoms with Gasteiger partial charge in [-0.2, -0.15) is 0 Å². The highest BCUT2D eigenvalue weighted by molar-refractivity contribution is 5.93. The fraction of sp³-hybridized carbons (Fsp3) is 0.824. The number of nitrogens with zero attached hydrogens (tertiary/aromatic N) is 1. The van der Waals surface area contributed by atoms with Crippen molar-refractivity contribution < 1.29 is 14.4 Å². The van der Waals surface area contributed by atoms with Crippen LogP contribution in [-0.2, 0) is 14.4 Å². The molecule has 0 spiro atoms. The fourth-order valence-corrected chi connectivity index (χ4v) is 2.61. The van der Waals surface area contributed by atoms with Crippen molar-refractivity contribution in [2.45, 2.75) is 66.1 Å². The molecule has 2 unspecified atom stereocenters. The second-order valence-electron chi connectivity index (χ2n) is 6.63. The molecule has 0 rings (SSSR count). The molecule has 0 saturated heterocycles. The van der Waals surface area contributed by atoms with Crippen LogP contribution < -0.4 is 10.6 Å². The van der Waals surface area contributed by atoms with Crippen molar-refractivity contribution in [1.82, 2.24) is 15.5 Å². The molecule has 0 aliphatic heterocycles. The minimum Gasteiger partial charge on any atom is -0.344 e. The molecule has 0 bridgehead atoms. The lowest BCUT2D eigenvalue weighted by Crippen LogP contribution is -2.57. The van der Waals surface area contributed by atoms with Gasteiger partial charge in [-0.15, -0.1) is 0 Å². The zero-order valence-electron chi connectivity index (χ0n) is 15.8. The molecular weight excluding hydrogens is 294 g/mol. The standard InChI is InChI=1S/C17H33N3O3/c1-9-11(4)14(13(6)21)19-16(22)15(10(2)3)20(8)17(23)12(5)18-7/h10-12,14-15,18H,9H2,1-8H3,(H,19,22)/t11-,12?,14?,15-/m0/s1. The molecule has 6 heteroatoms. The van der Waals surface area contributed by atoms with E-state index in [2.05, 4.69) is 10.6 Å². The molecule has 134 valence electrons. The van der Waals surface area contributed by atoms with Crippen LogP contribution in [0.5, 0.6) is 0 Å². The van der Waals surface area contributed by atoms with Crippen molar-refractivity contribution in [2.24, 2.45) is 11.8 Å². The van der Waals surface area contributed by atoms with E-state index in [0.717, 1.165) is 6.42 Å². The third kappa shape index (κ3) is 5.94. The lowest BCUT2D eigenvalue weighted by atomic mass is 9.94. The maximum absolute atomic E-state index is 12.7. The molecule has 0 aromatic rings. The second-order valence-corrected chi connectivity index (χ2v) is 6.63. The maximum Gasteiger partial charge on any atom is 0.243 e.